The van der Waals surface area contributed by atoms with Crippen molar-refractivity contribution < 1.29 is 27.5 Å². The van der Waals surface area contributed by atoms with Crippen molar-refractivity contribution in [3.63, 3.8) is 0 Å². The maximum absolute atomic E-state index is 14.0. The lowest BCUT2D eigenvalue weighted by Gasteiger charge is -2.45. The van der Waals surface area contributed by atoms with Crippen molar-refractivity contribution in [2.75, 3.05) is 31.1 Å². The smallest absolute Gasteiger partial charge is 0.416 e. The Morgan fingerprint density at radius 2 is 1.44 bits per heavy atom. The lowest BCUT2D eigenvalue weighted by atomic mass is 10.0. The zero-order chi connectivity index (χ0) is 35.0. The Bertz CT molecular complexity index is 1560. The number of amides is 2. The van der Waals surface area contributed by atoms with E-state index in [1.54, 1.807) is 9.58 Å². The topological polar surface area (TPSA) is 87.0 Å². The van der Waals surface area contributed by atoms with E-state index < -0.39 is 17.3 Å². The number of hydrogen-bond donors (Lipinski definition) is 0. The fourth-order valence-electron chi connectivity index (χ4n) is 6.79. The zero-order valence-corrected chi connectivity index (χ0v) is 28.7. The van der Waals surface area contributed by atoms with Gasteiger partial charge in [-0.05, 0) is 84.4 Å². The van der Waals surface area contributed by atoms with E-state index in [0.29, 0.717) is 50.5 Å². The molecule has 10 nitrogen and oxygen atoms in total. The first kappa shape index (κ1) is 35.2. The number of rotatable bonds is 6. The molecule has 2 aromatic carbocycles. The Kier molecular flexibility index (Phi) is 10.1. The Labute approximate surface area is 280 Å². The fourth-order valence-corrected chi connectivity index (χ4v) is 6.79. The standard InChI is InChI=1S/C35H46F3N7O3/c1-23-16-42(33(47)48-34(5,6)7)17-24(2)44(23)22-29-21-43(40-39-29)20-27-10-8-9-11-31(27)32(46)45-25(3)18-41(19-26(45)4)30-14-12-28(13-15-30)35(36,37)38/h8-15,21,23-26H,16-20,22H2,1-7H3/t23-,24+,25?,26?. The van der Waals surface area contributed by atoms with Crippen molar-refractivity contribution in [2.45, 2.75) is 97.5 Å². The highest BCUT2D eigenvalue weighted by Gasteiger charge is 2.36. The molecule has 0 spiro atoms. The van der Waals surface area contributed by atoms with Gasteiger partial charge in [-0.2, -0.15) is 13.2 Å². The summed E-state index contributed by atoms with van der Waals surface area (Å²) >= 11 is 0. The van der Waals surface area contributed by atoms with Crippen LogP contribution in [0.15, 0.2) is 54.7 Å². The minimum atomic E-state index is -4.39. The molecule has 0 aliphatic carbocycles. The van der Waals surface area contributed by atoms with E-state index in [1.807, 2.05) is 74.9 Å². The highest BCUT2D eigenvalue weighted by atomic mass is 19.4. The highest BCUT2D eigenvalue weighted by Crippen LogP contribution is 2.32. The van der Waals surface area contributed by atoms with Crippen molar-refractivity contribution in [1.82, 2.24) is 29.7 Å². The van der Waals surface area contributed by atoms with Gasteiger partial charge in [-0.15, -0.1) is 5.10 Å². The molecule has 2 amide bonds. The van der Waals surface area contributed by atoms with Crippen LogP contribution < -0.4 is 4.90 Å². The molecule has 4 atom stereocenters. The van der Waals surface area contributed by atoms with Crippen molar-refractivity contribution in [3.05, 3.63) is 77.1 Å². The average molecular weight is 670 g/mol. The number of piperazine rings is 2. The first-order valence-corrected chi connectivity index (χ1v) is 16.5. The van der Waals surface area contributed by atoms with Crippen LogP contribution in [0.5, 0.6) is 0 Å². The van der Waals surface area contributed by atoms with Gasteiger partial charge < -0.3 is 19.4 Å². The fraction of sp³-hybridized carbons (Fsp3) is 0.543. The van der Waals surface area contributed by atoms with Gasteiger partial charge in [0.15, 0.2) is 0 Å². The van der Waals surface area contributed by atoms with Gasteiger partial charge in [0.25, 0.3) is 5.91 Å². The van der Waals surface area contributed by atoms with E-state index in [4.69, 9.17) is 4.74 Å². The Morgan fingerprint density at radius 3 is 2.02 bits per heavy atom. The summed E-state index contributed by atoms with van der Waals surface area (Å²) in [7, 11) is 0. The number of carbonyl (C=O) groups excluding carboxylic acids is 2. The lowest BCUT2D eigenvalue weighted by Crippen LogP contribution is -2.58. The number of anilines is 1. The molecular formula is C35H46F3N7O3. The van der Waals surface area contributed by atoms with Crippen molar-refractivity contribution >= 4 is 17.7 Å². The number of aromatic nitrogens is 3. The molecule has 2 unspecified atom stereocenters. The van der Waals surface area contributed by atoms with Crippen molar-refractivity contribution in [1.29, 1.82) is 0 Å². The largest absolute Gasteiger partial charge is 0.444 e. The highest BCUT2D eigenvalue weighted by molar-refractivity contribution is 5.96. The molecule has 2 aliphatic rings. The average Bonchev–Trinajstić information content (AvgIpc) is 3.44. The van der Waals surface area contributed by atoms with Crippen LogP contribution in [0, 0.1) is 0 Å². The van der Waals surface area contributed by atoms with E-state index >= 15 is 0 Å². The minimum absolute atomic E-state index is 0.0912. The summed E-state index contributed by atoms with van der Waals surface area (Å²) in [6.07, 6.45) is -2.79. The Hall–Kier alpha value is -4.13. The Morgan fingerprint density at radius 1 is 0.833 bits per heavy atom. The zero-order valence-electron chi connectivity index (χ0n) is 28.7. The van der Waals surface area contributed by atoms with Crippen molar-refractivity contribution in [3.8, 4) is 0 Å². The van der Waals surface area contributed by atoms with Gasteiger partial charge in [-0.25, -0.2) is 9.48 Å². The van der Waals surface area contributed by atoms with Gasteiger partial charge >= 0.3 is 12.3 Å². The monoisotopic (exact) mass is 669 g/mol. The van der Waals surface area contributed by atoms with Crippen LogP contribution in [0.2, 0.25) is 0 Å². The quantitative estimate of drug-likeness (QED) is 0.323. The summed E-state index contributed by atoms with van der Waals surface area (Å²) < 4.78 is 46.5. The molecule has 3 heterocycles. The molecule has 260 valence electrons. The summed E-state index contributed by atoms with van der Waals surface area (Å²) in [6, 6.07) is 12.5. The molecule has 2 aliphatic heterocycles. The molecule has 48 heavy (non-hydrogen) atoms. The first-order chi connectivity index (χ1) is 22.5. The maximum Gasteiger partial charge on any atom is 0.416 e. The molecule has 0 radical (unpaired) electrons. The molecule has 13 heteroatoms. The summed E-state index contributed by atoms with van der Waals surface area (Å²) in [4.78, 5) is 34.6. The van der Waals surface area contributed by atoms with Gasteiger partial charge in [-0.3, -0.25) is 9.69 Å². The van der Waals surface area contributed by atoms with E-state index in [-0.39, 0.29) is 36.2 Å². The lowest BCUT2D eigenvalue weighted by molar-refractivity contribution is -0.137. The molecule has 0 saturated carbocycles. The molecule has 3 aromatic rings. The molecular weight excluding hydrogens is 623 g/mol. The maximum atomic E-state index is 14.0. The normalized spacial score (nSPS) is 22.6. The number of alkyl halides is 3. The summed E-state index contributed by atoms with van der Waals surface area (Å²) in [5.74, 6) is -0.0940. The van der Waals surface area contributed by atoms with E-state index in [1.165, 1.54) is 12.1 Å². The van der Waals surface area contributed by atoms with E-state index in [9.17, 15) is 22.8 Å². The third-order valence-electron chi connectivity index (χ3n) is 8.98. The predicted octanol–water partition coefficient (Wildman–Crippen LogP) is 5.91. The van der Waals surface area contributed by atoms with E-state index in [0.717, 1.165) is 23.4 Å². The number of benzene rings is 2. The third-order valence-corrected chi connectivity index (χ3v) is 8.98. The van der Waals surface area contributed by atoms with Crippen molar-refractivity contribution in [2.24, 2.45) is 0 Å². The second-order valence-electron chi connectivity index (χ2n) is 14.2. The summed E-state index contributed by atoms with van der Waals surface area (Å²) in [5.41, 5.74) is 1.66. The van der Waals surface area contributed by atoms with Crippen LogP contribution in [0.25, 0.3) is 0 Å². The van der Waals surface area contributed by atoms with Crippen LogP contribution in [0.1, 0.15) is 75.6 Å². The molecule has 2 saturated heterocycles. The molecule has 0 bridgehead atoms. The van der Waals surface area contributed by atoms with Gasteiger partial charge in [0.1, 0.15) is 5.60 Å². The van der Waals surface area contributed by atoms with Gasteiger partial charge in [-0.1, -0.05) is 23.4 Å². The molecule has 0 N–H and O–H groups in total. The molecule has 2 fully saturated rings. The summed E-state index contributed by atoms with van der Waals surface area (Å²) in [6.45, 7) is 16.7. The second kappa shape index (κ2) is 13.8. The summed E-state index contributed by atoms with van der Waals surface area (Å²) in [5, 5.41) is 8.80. The molecule has 1 aromatic heterocycles. The Balaban J connectivity index is 1.22. The van der Waals surface area contributed by atoms with Gasteiger partial charge in [0.05, 0.1) is 24.0 Å². The van der Waals surface area contributed by atoms with Gasteiger partial charge in [0, 0.05) is 68.1 Å². The number of hydrogen-bond acceptors (Lipinski definition) is 7. The first-order valence-electron chi connectivity index (χ1n) is 16.5. The third kappa shape index (κ3) is 8.11. The van der Waals surface area contributed by atoms with Crippen LogP contribution in [-0.2, 0) is 24.0 Å². The van der Waals surface area contributed by atoms with Crippen LogP contribution >= 0.6 is 0 Å². The van der Waals surface area contributed by atoms with Crippen LogP contribution in [-0.4, -0.2) is 97.6 Å². The SMILES string of the molecule is CC1CN(c2ccc(C(F)(F)F)cc2)CC(C)N1C(=O)c1ccccc1Cn1cc(CN2[C@H](C)CN(C(=O)OC(C)(C)C)C[C@@H]2C)nn1. The number of nitrogens with zero attached hydrogens (tertiary/aromatic N) is 7. The van der Waals surface area contributed by atoms with E-state index in [2.05, 4.69) is 29.1 Å². The number of ether oxygens (including phenoxy) is 1. The van der Waals surface area contributed by atoms with Crippen LogP contribution in [0.3, 0.4) is 0 Å². The van der Waals surface area contributed by atoms with Crippen LogP contribution in [0.4, 0.5) is 23.7 Å². The minimum Gasteiger partial charge on any atom is -0.444 e. The predicted molar refractivity (Wildman–Crippen MR) is 177 cm³/mol. The van der Waals surface area contributed by atoms with Gasteiger partial charge in [0.2, 0.25) is 0 Å². The second-order valence-corrected chi connectivity index (χ2v) is 14.2. The number of carbonyl (C=O) groups is 2. The molecule has 5 rings (SSSR count). The number of halogens is 3.